The molecule has 2 aromatic rings. The van der Waals surface area contributed by atoms with Gasteiger partial charge in [0.2, 0.25) is 28.6 Å². The van der Waals surface area contributed by atoms with E-state index < -0.39 is 28.5 Å². The average Bonchev–Trinajstić information content (AvgIpc) is 3.37. The lowest BCUT2D eigenvalue weighted by atomic mass is 10.1. The third-order valence-electron chi connectivity index (χ3n) is 6.30. The van der Waals surface area contributed by atoms with Gasteiger partial charge in [0.25, 0.3) is 0 Å². The van der Waals surface area contributed by atoms with Crippen molar-refractivity contribution >= 4 is 27.5 Å². The molecular formula is C26H35N3O7S. The lowest BCUT2D eigenvalue weighted by Gasteiger charge is -2.32. The van der Waals surface area contributed by atoms with Crippen LogP contribution in [0.15, 0.2) is 42.5 Å². The molecule has 3 rings (SSSR count). The summed E-state index contributed by atoms with van der Waals surface area (Å²) in [5.41, 5.74) is 1.05. The molecular weight excluding hydrogens is 498 g/mol. The molecule has 0 fully saturated rings. The summed E-state index contributed by atoms with van der Waals surface area (Å²) < 4.78 is 43.1. The third kappa shape index (κ3) is 6.85. The van der Waals surface area contributed by atoms with Gasteiger partial charge < -0.3 is 24.4 Å². The Labute approximate surface area is 218 Å². The second-order valence-electron chi connectivity index (χ2n) is 8.81. The number of hydrogen-bond acceptors (Lipinski definition) is 7. The first-order valence-corrected chi connectivity index (χ1v) is 13.8. The third-order valence-corrected chi connectivity index (χ3v) is 8.04. The van der Waals surface area contributed by atoms with E-state index in [-0.39, 0.29) is 36.7 Å². The van der Waals surface area contributed by atoms with Gasteiger partial charge in [0.05, 0.1) is 18.6 Å². The molecule has 2 atom stereocenters. The SMILES string of the molecule is CC[C@@H](C)NC(=O)[C@@H](C)N(Cc1ccc(OC)cc1)C(=O)CN(c1ccc2c(c1)OCO2)S(=O)(=O)CC. The highest BCUT2D eigenvalue weighted by molar-refractivity contribution is 7.92. The van der Waals surface area contributed by atoms with Crippen molar-refractivity contribution in [3.63, 3.8) is 0 Å². The molecule has 202 valence electrons. The average molecular weight is 534 g/mol. The van der Waals surface area contributed by atoms with Gasteiger partial charge in [-0.15, -0.1) is 0 Å². The fourth-order valence-electron chi connectivity index (χ4n) is 3.74. The summed E-state index contributed by atoms with van der Waals surface area (Å²) in [6, 6.07) is 10.9. The standard InChI is InChI=1S/C26H35N3O7S/c1-6-18(3)27-26(31)19(4)28(15-20-8-11-22(34-5)12-9-20)25(30)16-29(37(32,33)7-2)21-10-13-23-24(14-21)36-17-35-23/h8-14,18-19H,6-7,15-17H2,1-5H3,(H,27,31)/t18-,19-/m1/s1. The first kappa shape index (κ1) is 28.1. The van der Waals surface area contributed by atoms with Crippen LogP contribution in [0.4, 0.5) is 5.69 Å². The molecule has 0 radical (unpaired) electrons. The predicted octanol–water partition coefficient (Wildman–Crippen LogP) is 2.91. The number of benzene rings is 2. The Morgan fingerprint density at radius 3 is 2.35 bits per heavy atom. The van der Waals surface area contributed by atoms with Gasteiger partial charge in [-0.3, -0.25) is 13.9 Å². The van der Waals surface area contributed by atoms with E-state index >= 15 is 0 Å². The zero-order valence-corrected chi connectivity index (χ0v) is 22.7. The minimum absolute atomic E-state index is 0.0384. The predicted molar refractivity (Wildman–Crippen MR) is 140 cm³/mol. The molecule has 0 aromatic heterocycles. The molecule has 11 heteroatoms. The number of ether oxygens (including phenoxy) is 3. The molecule has 0 unspecified atom stereocenters. The Morgan fingerprint density at radius 1 is 1.05 bits per heavy atom. The summed E-state index contributed by atoms with van der Waals surface area (Å²) in [6.07, 6.45) is 0.734. The summed E-state index contributed by atoms with van der Waals surface area (Å²) >= 11 is 0. The van der Waals surface area contributed by atoms with E-state index in [9.17, 15) is 18.0 Å². The van der Waals surface area contributed by atoms with Crippen LogP contribution < -0.4 is 23.8 Å². The first-order valence-electron chi connectivity index (χ1n) is 12.2. The van der Waals surface area contributed by atoms with Crippen LogP contribution in [0.1, 0.15) is 39.7 Å². The fourth-order valence-corrected chi connectivity index (χ4v) is 4.79. The number of nitrogens with zero attached hydrogens (tertiary/aromatic N) is 2. The van der Waals surface area contributed by atoms with Crippen LogP contribution in [0.3, 0.4) is 0 Å². The minimum Gasteiger partial charge on any atom is -0.497 e. The number of rotatable bonds is 12. The van der Waals surface area contributed by atoms with Gasteiger partial charge in [-0.2, -0.15) is 0 Å². The molecule has 10 nitrogen and oxygen atoms in total. The Kier molecular flexibility index (Phi) is 9.25. The van der Waals surface area contributed by atoms with Crippen molar-refractivity contribution in [1.29, 1.82) is 0 Å². The van der Waals surface area contributed by atoms with E-state index in [1.807, 2.05) is 13.8 Å². The van der Waals surface area contributed by atoms with E-state index in [4.69, 9.17) is 14.2 Å². The van der Waals surface area contributed by atoms with Gasteiger partial charge in [-0.25, -0.2) is 8.42 Å². The molecule has 0 saturated carbocycles. The van der Waals surface area contributed by atoms with Crippen molar-refractivity contribution in [2.24, 2.45) is 0 Å². The van der Waals surface area contributed by atoms with Gasteiger partial charge in [0.15, 0.2) is 11.5 Å². The Bertz CT molecular complexity index is 1200. The number of anilines is 1. The number of amides is 2. The Hall–Kier alpha value is -3.47. The van der Waals surface area contributed by atoms with Crippen molar-refractivity contribution in [1.82, 2.24) is 10.2 Å². The number of methoxy groups -OCH3 is 1. The zero-order valence-electron chi connectivity index (χ0n) is 21.9. The second kappa shape index (κ2) is 12.2. The highest BCUT2D eigenvalue weighted by Crippen LogP contribution is 2.36. The molecule has 1 heterocycles. The fraction of sp³-hybridized carbons (Fsp3) is 0.462. The molecule has 37 heavy (non-hydrogen) atoms. The number of carbonyl (C=O) groups is 2. The Balaban J connectivity index is 1.93. The van der Waals surface area contributed by atoms with Gasteiger partial charge in [-0.1, -0.05) is 19.1 Å². The van der Waals surface area contributed by atoms with Crippen LogP contribution in [0.2, 0.25) is 0 Å². The normalized spacial score (nSPS) is 14.0. The van der Waals surface area contributed by atoms with Crippen LogP contribution in [0, 0.1) is 0 Å². The highest BCUT2D eigenvalue weighted by atomic mass is 32.2. The number of carbonyl (C=O) groups excluding carboxylic acids is 2. The van der Waals surface area contributed by atoms with Gasteiger partial charge >= 0.3 is 0 Å². The van der Waals surface area contributed by atoms with Crippen molar-refractivity contribution < 1.29 is 32.2 Å². The van der Waals surface area contributed by atoms with Crippen LogP contribution in [-0.2, 0) is 26.2 Å². The largest absolute Gasteiger partial charge is 0.497 e. The van der Waals surface area contributed by atoms with Gasteiger partial charge in [0.1, 0.15) is 18.3 Å². The van der Waals surface area contributed by atoms with Crippen molar-refractivity contribution in [2.45, 2.75) is 52.7 Å². The van der Waals surface area contributed by atoms with E-state index in [1.54, 1.807) is 50.4 Å². The summed E-state index contributed by atoms with van der Waals surface area (Å²) in [7, 11) is -2.28. The van der Waals surface area contributed by atoms with Crippen molar-refractivity contribution in [3.05, 3.63) is 48.0 Å². The first-order chi connectivity index (χ1) is 17.6. The number of sulfonamides is 1. The number of fused-ring (bicyclic) bond motifs is 1. The summed E-state index contributed by atoms with van der Waals surface area (Å²) in [4.78, 5) is 28.1. The number of nitrogens with one attached hydrogen (secondary N) is 1. The molecule has 0 spiro atoms. The molecule has 0 saturated heterocycles. The smallest absolute Gasteiger partial charge is 0.244 e. The summed E-state index contributed by atoms with van der Waals surface area (Å²) in [5.74, 6) is 0.517. The minimum atomic E-state index is -3.84. The molecule has 1 N–H and O–H groups in total. The van der Waals surface area contributed by atoms with Gasteiger partial charge in [0, 0.05) is 18.7 Å². The maximum Gasteiger partial charge on any atom is 0.244 e. The van der Waals surface area contributed by atoms with E-state index in [0.29, 0.717) is 17.2 Å². The molecule has 2 amide bonds. The molecule has 0 aliphatic carbocycles. The Morgan fingerprint density at radius 2 is 1.73 bits per heavy atom. The molecule has 2 aromatic carbocycles. The van der Waals surface area contributed by atoms with E-state index in [0.717, 1.165) is 16.3 Å². The van der Waals surface area contributed by atoms with Crippen molar-refractivity contribution in [2.75, 3.05) is 30.5 Å². The highest BCUT2D eigenvalue weighted by Gasteiger charge is 2.32. The van der Waals surface area contributed by atoms with Gasteiger partial charge in [-0.05, 0) is 57.0 Å². The van der Waals surface area contributed by atoms with Crippen molar-refractivity contribution in [3.8, 4) is 17.2 Å². The second-order valence-corrected chi connectivity index (χ2v) is 11.0. The molecule has 0 bridgehead atoms. The summed E-state index contributed by atoms with van der Waals surface area (Å²) in [5, 5.41) is 2.91. The van der Waals surface area contributed by atoms with E-state index in [2.05, 4.69) is 5.32 Å². The lowest BCUT2D eigenvalue weighted by molar-refractivity contribution is -0.139. The lowest BCUT2D eigenvalue weighted by Crippen LogP contribution is -2.52. The zero-order chi connectivity index (χ0) is 27.2. The quantitative estimate of drug-likeness (QED) is 0.446. The molecule has 1 aliphatic rings. The topological polar surface area (TPSA) is 114 Å². The van der Waals surface area contributed by atoms with E-state index in [1.165, 1.54) is 17.9 Å². The maximum atomic E-state index is 13.7. The van der Waals surface area contributed by atoms with Crippen LogP contribution in [0.5, 0.6) is 17.2 Å². The monoisotopic (exact) mass is 533 g/mol. The maximum absolute atomic E-state index is 13.7. The summed E-state index contributed by atoms with van der Waals surface area (Å²) in [6.45, 7) is 6.66. The number of hydrogen-bond donors (Lipinski definition) is 1. The van der Waals surface area contributed by atoms with Crippen LogP contribution in [-0.4, -0.2) is 63.4 Å². The molecule has 1 aliphatic heterocycles. The van der Waals surface area contributed by atoms with Crippen LogP contribution in [0.25, 0.3) is 0 Å². The van der Waals surface area contributed by atoms with Crippen LogP contribution >= 0.6 is 0 Å².